The van der Waals surface area contributed by atoms with Gasteiger partial charge in [0.1, 0.15) is 0 Å². The van der Waals surface area contributed by atoms with Crippen LogP contribution in [-0.4, -0.2) is 25.1 Å². The molecule has 5 heterocycles. The van der Waals surface area contributed by atoms with Crippen molar-refractivity contribution in [2.75, 3.05) is 5.32 Å². The van der Waals surface area contributed by atoms with Crippen LogP contribution in [0, 0.1) is 30.6 Å². The van der Waals surface area contributed by atoms with Crippen LogP contribution in [0.5, 0.6) is 0 Å². The molecule has 1 aliphatic heterocycles. The average molecular weight is 1120 g/mol. The second-order valence-corrected chi connectivity index (χ2v) is 42.1. The predicted octanol–water partition coefficient (Wildman–Crippen LogP) is 21.3. The fraction of sp³-hybridized carbons (Fsp3) is 0.603. The van der Waals surface area contributed by atoms with Crippen molar-refractivity contribution in [3.05, 3.63) is 72.9 Å². The van der Waals surface area contributed by atoms with Gasteiger partial charge in [0.05, 0.1) is 0 Å². The Morgan fingerprint density at radius 1 is 0.627 bits per heavy atom. The molecular weight excluding hydrogens is 1040 g/mol. The van der Waals surface area contributed by atoms with Crippen molar-refractivity contribution in [2.45, 2.75) is 206 Å². The number of hydrogen-bond acceptors (Lipinski definition) is 8. The van der Waals surface area contributed by atoms with Crippen molar-refractivity contribution in [1.82, 2.24) is 0 Å². The zero-order valence-corrected chi connectivity index (χ0v) is 51.0. The van der Waals surface area contributed by atoms with Crippen LogP contribution in [0.4, 0.5) is 11.4 Å². The number of fused-ring (bicyclic) bond motifs is 1. The molecule has 1 aliphatic rings. The molecule has 0 saturated carbocycles. The van der Waals surface area contributed by atoms with Gasteiger partial charge in [0.2, 0.25) is 0 Å². The minimum absolute atomic E-state index is 0.165. The van der Waals surface area contributed by atoms with E-state index in [-0.39, 0.29) is 5.37 Å². The van der Waals surface area contributed by atoms with Gasteiger partial charge in [0.25, 0.3) is 0 Å². The molecule has 1 N–H and O–H groups in total. The maximum atomic E-state index is 5.09. The maximum absolute atomic E-state index is 5.09. The summed E-state index contributed by atoms with van der Waals surface area (Å²) >= 11 is 9.50. The number of rotatable bonds is 31. The number of aliphatic imine (C=N–C) groups is 1. The van der Waals surface area contributed by atoms with E-state index in [1.165, 1.54) is 177 Å². The molecule has 0 fully saturated rings. The number of benzene rings is 1. The second-order valence-electron chi connectivity index (χ2n) is 21.0. The molecule has 4 aromatic heterocycles. The summed E-state index contributed by atoms with van der Waals surface area (Å²) in [5.41, 5.74) is 5.06. The molecule has 5 aromatic rings. The Bertz CT molecular complexity index is 2240. The van der Waals surface area contributed by atoms with Crippen molar-refractivity contribution in [1.29, 1.82) is 0 Å². The SMILES string of the molecule is C=Nc1c(SCc2ccc(CCC(C)CCCC(C)C)s2)c(-c2cc[c]([Sn]([CH2]CCC)([CH2]CCC)[CH2]CCC)s2)c2c(c1-c1ccc(C)s1)SC(c1ccc(CCC(C)CCCC(C)C)s1)N2. The molecule has 9 heteroatoms. The molecule has 2 nitrogen and oxygen atoms in total. The zero-order chi connectivity index (χ0) is 47.9. The predicted molar refractivity (Wildman–Crippen MR) is 314 cm³/mol. The third kappa shape index (κ3) is 15.5. The van der Waals surface area contributed by atoms with E-state index in [4.69, 9.17) is 4.99 Å². The zero-order valence-electron chi connectivity index (χ0n) is 43.3. The van der Waals surface area contributed by atoms with Gasteiger partial charge in [-0.05, 0) is 23.7 Å². The summed E-state index contributed by atoms with van der Waals surface area (Å²) in [6.07, 6.45) is 21.1. The summed E-state index contributed by atoms with van der Waals surface area (Å²) < 4.78 is 6.28. The summed E-state index contributed by atoms with van der Waals surface area (Å²) in [4.78, 5) is 17.8. The quantitative estimate of drug-likeness (QED) is 0.0272. The first-order valence-electron chi connectivity index (χ1n) is 26.5. The molecule has 6 rings (SSSR count). The standard InChI is InChI=1S/C46H59N2S6.3C4H9.Sn/c1-29(2)12-9-14-31(5)17-20-34-22-23-36(52-34)28-50-44-40(37-16-11-27-49-37)43-45(41(42(44)47-8)38-25-19-33(7)51-38)54-46(48-43)39-26-24-35(53-39)21-18-32(6)15-10-13-30(3)4;3*1-3-4-2;/h11,16,19,22-26,29-32,46,48H,8-10,12-15,17-18,20-21,28H2,1-7H3;3*1,3-4H2,2H3;. The number of nitrogens with one attached hydrogen (secondary N) is 1. The first-order valence-corrected chi connectivity index (χ1v) is 39.1. The third-order valence-electron chi connectivity index (χ3n) is 14.2. The number of thiophene rings is 4. The van der Waals surface area contributed by atoms with Gasteiger partial charge >= 0.3 is 338 Å². The van der Waals surface area contributed by atoms with E-state index >= 15 is 0 Å². The van der Waals surface area contributed by atoms with Crippen molar-refractivity contribution in [2.24, 2.45) is 28.7 Å². The van der Waals surface area contributed by atoms with E-state index in [9.17, 15) is 0 Å². The Morgan fingerprint density at radius 2 is 1.19 bits per heavy atom. The van der Waals surface area contributed by atoms with Gasteiger partial charge in [-0.1, -0.05) is 80.1 Å². The van der Waals surface area contributed by atoms with E-state index < -0.39 is 18.4 Å². The van der Waals surface area contributed by atoms with Gasteiger partial charge in [0, 0.05) is 0 Å². The number of aryl methyl sites for hydroxylation is 3. The van der Waals surface area contributed by atoms with Crippen LogP contribution < -0.4 is 8.21 Å². The van der Waals surface area contributed by atoms with Crippen LogP contribution in [0.25, 0.3) is 20.9 Å². The Labute approximate surface area is 438 Å². The van der Waals surface area contributed by atoms with Gasteiger partial charge < -0.3 is 0 Å². The number of nitrogens with zero attached hydrogens (tertiary/aromatic N) is 1. The topological polar surface area (TPSA) is 24.4 Å². The van der Waals surface area contributed by atoms with E-state index in [0.717, 1.165) is 35.1 Å². The van der Waals surface area contributed by atoms with Gasteiger partial charge in [-0.3, -0.25) is 0 Å². The molecule has 3 unspecified atom stereocenters. The molecule has 0 aliphatic carbocycles. The fourth-order valence-corrected chi connectivity index (χ4v) is 36.0. The molecule has 0 bridgehead atoms. The van der Waals surface area contributed by atoms with E-state index in [1.807, 2.05) is 57.5 Å². The van der Waals surface area contributed by atoms with Crippen molar-refractivity contribution in [3.8, 4) is 20.9 Å². The molecule has 0 amide bonds. The number of anilines is 1. The van der Waals surface area contributed by atoms with Crippen LogP contribution in [-0.2, 0) is 18.6 Å². The van der Waals surface area contributed by atoms with Gasteiger partial charge in [-0.25, -0.2) is 0 Å². The number of hydrogen-bond donors (Lipinski definition) is 1. The summed E-state index contributed by atoms with van der Waals surface area (Å²) in [6, 6.07) is 19.5. The first-order chi connectivity index (χ1) is 32.4. The molecular formula is C58H86N2S6Sn. The molecule has 3 atom stereocenters. The summed E-state index contributed by atoms with van der Waals surface area (Å²) in [7, 11) is 0. The van der Waals surface area contributed by atoms with E-state index in [1.54, 1.807) is 2.89 Å². The van der Waals surface area contributed by atoms with Crippen molar-refractivity contribution < 1.29 is 0 Å². The van der Waals surface area contributed by atoms with Crippen molar-refractivity contribution >= 4 is 108 Å². The minimum atomic E-state index is -2.70. The number of thioether (sulfide) groups is 2. The van der Waals surface area contributed by atoms with Crippen LogP contribution in [0.15, 0.2) is 63.3 Å². The van der Waals surface area contributed by atoms with Crippen LogP contribution in [0.1, 0.15) is 182 Å². The molecule has 0 spiro atoms. The van der Waals surface area contributed by atoms with Crippen molar-refractivity contribution in [3.63, 3.8) is 0 Å². The molecule has 0 saturated heterocycles. The molecule has 368 valence electrons. The Balaban J connectivity index is 1.40. The Morgan fingerprint density at radius 3 is 1.76 bits per heavy atom. The second kappa shape index (κ2) is 27.7. The van der Waals surface area contributed by atoms with Crippen LogP contribution in [0.3, 0.4) is 0 Å². The third-order valence-corrected chi connectivity index (χ3v) is 39.7. The average Bonchev–Trinajstić information content (AvgIpc) is 4.17. The fourth-order valence-electron chi connectivity index (χ4n) is 9.99. The summed E-state index contributed by atoms with van der Waals surface area (Å²) in [6.45, 7) is 28.2. The van der Waals surface area contributed by atoms with Gasteiger partial charge in [-0.2, -0.15) is 0 Å². The Hall–Kier alpha value is -1.01. The monoisotopic (exact) mass is 1120 g/mol. The first kappa shape index (κ1) is 55.3. The van der Waals surface area contributed by atoms with Crippen LogP contribution in [0.2, 0.25) is 13.3 Å². The van der Waals surface area contributed by atoms with E-state index in [0.29, 0.717) is 0 Å². The summed E-state index contributed by atoms with van der Waals surface area (Å²) in [5.74, 6) is 4.09. The molecule has 1 aromatic carbocycles. The normalized spacial score (nSPS) is 14.9. The van der Waals surface area contributed by atoms with Gasteiger partial charge in [-0.15, -0.1) is 0 Å². The van der Waals surface area contributed by atoms with E-state index in [2.05, 4.69) is 141 Å². The molecule has 0 radical (unpaired) electrons. The number of unbranched alkanes of at least 4 members (excludes halogenated alkanes) is 3. The van der Waals surface area contributed by atoms with Crippen LogP contribution >= 0.6 is 68.9 Å². The van der Waals surface area contributed by atoms with Gasteiger partial charge in [0.15, 0.2) is 0 Å². The summed E-state index contributed by atoms with van der Waals surface area (Å²) in [5, 5.41) is 4.44. The Kier molecular flexibility index (Phi) is 22.9. The molecule has 67 heavy (non-hydrogen) atoms.